The quantitative estimate of drug-likeness (QED) is 0.491. The minimum Gasteiger partial charge on any atom is -0.316 e. The first kappa shape index (κ1) is 12.5. The Morgan fingerprint density at radius 1 is 1.38 bits per heavy atom. The van der Waals surface area contributed by atoms with Crippen LogP contribution in [0, 0.1) is 23.7 Å². The van der Waals surface area contributed by atoms with Crippen molar-refractivity contribution in [3.05, 3.63) is 0 Å². The van der Waals surface area contributed by atoms with E-state index in [1.165, 1.54) is 0 Å². The van der Waals surface area contributed by atoms with Crippen LogP contribution in [0.5, 0.6) is 0 Å². The van der Waals surface area contributed by atoms with Crippen molar-refractivity contribution in [3.63, 3.8) is 0 Å². The highest BCUT2D eigenvalue weighted by atomic mass is 14.8. The highest BCUT2D eigenvalue weighted by molar-refractivity contribution is 4.90. The van der Waals surface area contributed by atoms with E-state index in [-0.39, 0.29) is 0 Å². The number of nitrogens with one attached hydrogen (secondary N) is 1. The highest BCUT2D eigenvalue weighted by Gasteiger charge is 2.15. The van der Waals surface area contributed by atoms with Crippen LogP contribution in [0.3, 0.4) is 0 Å². The first-order valence-electron chi connectivity index (χ1n) is 5.12. The zero-order valence-electron chi connectivity index (χ0n) is 9.48. The van der Waals surface area contributed by atoms with Gasteiger partial charge in [0.2, 0.25) is 0 Å². The molecule has 1 heteroatoms. The molecule has 0 aromatic carbocycles. The summed E-state index contributed by atoms with van der Waals surface area (Å²) in [5.74, 6) is 3.46. The Labute approximate surface area is 83.3 Å². The summed E-state index contributed by atoms with van der Waals surface area (Å²) in [6.45, 7) is 11.1. The first-order chi connectivity index (χ1) is 5.98. The van der Waals surface area contributed by atoms with Gasteiger partial charge in [-0.3, -0.25) is 0 Å². The predicted molar refractivity (Wildman–Crippen MR) is 59.6 cm³/mol. The molecule has 0 aliphatic heterocycles. The molecule has 76 valence electrons. The van der Waals surface area contributed by atoms with Crippen molar-refractivity contribution >= 4 is 0 Å². The van der Waals surface area contributed by atoms with Gasteiger partial charge in [-0.05, 0) is 30.8 Å². The Hall–Kier alpha value is -0.480. The average molecular weight is 181 g/mol. The standard InChI is InChI=1S/C12H23N/c1-6-7-12(4,5)8-9-13-10-11(2)3/h1,11,13H,7-10H2,2-5H3. The van der Waals surface area contributed by atoms with Gasteiger partial charge in [0.05, 0.1) is 0 Å². The van der Waals surface area contributed by atoms with Gasteiger partial charge in [0.15, 0.2) is 0 Å². The second kappa shape index (κ2) is 6.05. The third-order valence-electron chi connectivity index (χ3n) is 2.11. The van der Waals surface area contributed by atoms with E-state index in [4.69, 9.17) is 6.42 Å². The predicted octanol–water partition coefficient (Wildman–Crippen LogP) is 2.67. The molecule has 0 bridgehead atoms. The largest absolute Gasteiger partial charge is 0.316 e. The third kappa shape index (κ3) is 7.87. The lowest BCUT2D eigenvalue weighted by Crippen LogP contribution is -2.25. The molecule has 0 aromatic rings. The molecular weight excluding hydrogens is 158 g/mol. The molecule has 0 amide bonds. The second-order valence-corrected chi connectivity index (χ2v) is 4.89. The Morgan fingerprint density at radius 2 is 2.00 bits per heavy atom. The molecule has 0 heterocycles. The molecule has 0 rings (SSSR count). The average Bonchev–Trinajstić information content (AvgIpc) is 1.98. The summed E-state index contributed by atoms with van der Waals surface area (Å²) >= 11 is 0. The molecule has 0 radical (unpaired) electrons. The minimum atomic E-state index is 0.290. The Kier molecular flexibility index (Phi) is 5.82. The van der Waals surface area contributed by atoms with Crippen molar-refractivity contribution in [3.8, 4) is 12.3 Å². The summed E-state index contributed by atoms with van der Waals surface area (Å²) in [5.41, 5.74) is 0.290. The number of rotatable bonds is 6. The first-order valence-corrected chi connectivity index (χ1v) is 5.12. The van der Waals surface area contributed by atoms with Crippen molar-refractivity contribution in [1.29, 1.82) is 0 Å². The molecular formula is C12H23N. The molecule has 1 N–H and O–H groups in total. The highest BCUT2D eigenvalue weighted by Crippen LogP contribution is 2.23. The third-order valence-corrected chi connectivity index (χ3v) is 2.11. The Morgan fingerprint density at radius 3 is 2.46 bits per heavy atom. The van der Waals surface area contributed by atoms with Crippen molar-refractivity contribution in [1.82, 2.24) is 5.32 Å². The lowest BCUT2D eigenvalue weighted by Gasteiger charge is -2.22. The van der Waals surface area contributed by atoms with Crippen LogP contribution in [-0.4, -0.2) is 13.1 Å². The Balaban J connectivity index is 3.47. The van der Waals surface area contributed by atoms with Gasteiger partial charge < -0.3 is 5.32 Å². The van der Waals surface area contributed by atoms with Crippen LogP contribution in [0.1, 0.15) is 40.5 Å². The minimum absolute atomic E-state index is 0.290. The molecule has 0 spiro atoms. The summed E-state index contributed by atoms with van der Waals surface area (Å²) in [6, 6.07) is 0. The van der Waals surface area contributed by atoms with E-state index in [1.54, 1.807) is 0 Å². The molecule has 0 atom stereocenters. The van der Waals surface area contributed by atoms with Gasteiger partial charge >= 0.3 is 0 Å². The van der Waals surface area contributed by atoms with Crippen LogP contribution in [0.15, 0.2) is 0 Å². The monoisotopic (exact) mass is 181 g/mol. The van der Waals surface area contributed by atoms with Gasteiger partial charge in [0.25, 0.3) is 0 Å². The fourth-order valence-electron chi connectivity index (χ4n) is 1.18. The van der Waals surface area contributed by atoms with Crippen LogP contribution in [0.25, 0.3) is 0 Å². The molecule has 0 saturated carbocycles. The van der Waals surface area contributed by atoms with E-state index < -0.39 is 0 Å². The fourth-order valence-corrected chi connectivity index (χ4v) is 1.18. The van der Waals surface area contributed by atoms with E-state index in [2.05, 4.69) is 38.9 Å². The topological polar surface area (TPSA) is 12.0 Å². The molecule has 0 aliphatic rings. The summed E-state index contributed by atoms with van der Waals surface area (Å²) in [5, 5.41) is 3.43. The van der Waals surface area contributed by atoms with Gasteiger partial charge in [0.1, 0.15) is 0 Å². The molecule has 0 saturated heterocycles. The molecule has 13 heavy (non-hydrogen) atoms. The summed E-state index contributed by atoms with van der Waals surface area (Å²) in [7, 11) is 0. The van der Waals surface area contributed by atoms with E-state index >= 15 is 0 Å². The van der Waals surface area contributed by atoms with Crippen LogP contribution >= 0.6 is 0 Å². The van der Waals surface area contributed by atoms with E-state index in [0.29, 0.717) is 5.41 Å². The van der Waals surface area contributed by atoms with Gasteiger partial charge in [-0.1, -0.05) is 27.7 Å². The lowest BCUT2D eigenvalue weighted by molar-refractivity contribution is 0.333. The number of terminal acetylenes is 1. The summed E-state index contributed by atoms with van der Waals surface area (Å²) < 4.78 is 0. The van der Waals surface area contributed by atoms with Crippen LogP contribution in [0.4, 0.5) is 0 Å². The number of hydrogen-bond acceptors (Lipinski definition) is 1. The fraction of sp³-hybridized carbons (Fsp3) is 0.833. The van der Waals surface area contributed by atoms with Crippen molar-refractivity contribution < 1.29 is 0 Å². The zero-order chi connectivity index (χ0) is 10.3. The second-order valence-electron chi connectivity index (χ2n) is 4.89. The van der Waals surface area contributed by atoms with E-state index in [1.807, 2.05) is 0 Å². The summed E-state index contributed by atoms with van der Waals surface area (Å²) in [4.78, 5) is 0. The SMILES string of the molecule is C#CCC(C)(C)CCNCC(C)C. The van der Waals surface area contributed by atoms with Gasteiger partial charge in [0, 0.05) is 6.42 Å². The molecule has 0 fully saturated rings. The maximum atomic E-state index is 5.30. The molecule has 1 nitrogen and oxygen atoms in total. The van der Waals surface area contributed by atoms with Gasteiger partial charge in [-0.2, -0.15) is 0 Å². The molecule has 0 aromatic heterocycles. The van der Waals surface area contributed by atoms with E-state index in [0.717, 1.165) is 31.8 Å². The van der Waals surface area contributed by atoms with Crippen LogP contribution in [0.2, 0.25) is 0 Å². The van der Waals surface area contributed by atoms with Gasteiger partial charge in [-0.25, -0.2) is 0 Å². The summed E-state index contributed by atoms with van der Waals surface area (Å²) in [6.07, 6.45) is 7.32. The van der Waals surface area contributed by atoms with Crippen LogP contribution in [-0.2, 0) is 0 Å². The van der Waals surface area contributed by atoms with Crippen molar-refractivity contribution in [2.45, 2.75) is 40.5 Å². The smallest absolute Gasteiger partial charge is 0.0138 e. The maximum Gasteiger partial charge on any atom is 0.0138 e. The lowest BCUT2D eigenvalue weighted by atomic mass is 9.86. The van der Waals surface area contributed by atoms with Gasteiger partial charge in [-0.15, -0.1) is 12.3 Å². The Bertz CT molecular complexity index is 162. The maximum absolute atomic E-state index is 5.30. The zero-order valence-corrected chi connectivity index (χ0v) is 9.48. The van der Waals surface area contributed by atoms with Crippen molar-refractivity contribution in [2.24, 2.45) is 11.3 Å². The van der Waals surface area contributed by atoms with E-state index in [9.17, 15) is 0 Å². The van der Waals surface area contributed by atoms with Crippen LogP contribution < -0.4 is 5.32 Å². The molecule has 0 unspecified atom stereocenters. The molecule has 0 aliphatic carbocycles. The van der Waals surface area contributed by atoms with Crippen molar-refractivity contribution in [2.75, 3.05) is 13.1 Å². The normalized spacial score (nSPS) is 11.7. The number of hydrogen-bond donors (Lipinski definition) is 1.